The molecule has 0 N–H and O–H groups in total. The van der Waals surface area contributed by atoms with Crippen LogP contribution in [0.5, 0.6) is 0 Å². The summed E-state index contributed by atoms with van der Waals surface area (Å²) < 4.78 is 5.16. The van der Waals surface area contributed by atoms with Crippen LogP contribution in [0.3, 0.4) is 0 Å². The van der Waals surface area contributed by atoms with Crippen LogP contribution in [0.2, 0.25) is 0 Å². The van der Waals surface area contributed by atoms with E-state index in [0.29, 0.717) is 29.1 Å². The molecule has 31 heavy (non-hydrogen) atoms. The van der Waals surface area contributed by atoms with Crippen LogP contribution in [0.15, 0.2) is 69.6 Å². The van der Waals surface area contributed by atoms with Gasteiger partial charge in [-0.15, -0.1) is 16.4 Å². The molecule has 156 valence electrons. The molecule has 7 heteroatoms. The zero-order valence-corrected chi connectivity index (χ0v) is 18.2. The maximum absolute atomic E-state index is 13.3. The van der Waals surface area contributed by atoms with Gasteiger partial charge in [0.25, 0.3) is 5.56 Å². The lowest BCUT2D eigenvalue weighted by Crippen LogP contribution is -2.26. The van der Waals surface area contributed by atoms with E-state index in [1.54, 1.807) is 8.97 Å². The van der Waals surface area contributed by atoms with Crippen molar-refractivity contribution in [1.29, 1.82) is 0 Å². The molecule has 0 spiro atoms. The average Bonchev–Trinajstić information content (AvgIpc) is 3.38. The average molecular weight is 431 g/mol. The Morgan fingerprint density at radius 1 is 0.871 bits per heavy atom. The maximum atomic E-state index is 13.3. The van der Waals surface area contributed by atoms with Crippen molar-refractivity contribution in [1.82, 2.24) is 18.7 Å². The molecular formula is C24H22N4O2S. The van der Waals surface area contributed by atoms with Gasteiger partial charge in [0.05, 0.1) is 18.6 Å². The molecule has 0 radical (unpaired) electrons. The van der Waals surface area contributed by atoms with Crippen molar-refractivity contribution >= 4 is 27.3 Å². The molecule has 0 saturated heterocycles. The second kappa shape index (κ2) is 7.67. The Hall–Kier alpha value is -3.45. The molecule has 0 amide bonds. The van der Waals surface area contributed by atoms with E-state index in [1.807, 2.05) is 54.8 Å². The fourth-order valence-electron chi connectivity index (χ4n) is 3.81. The van der Waals surface area contributed by atoms with E-state index in [-0.39, 0.29) is 11.2 Å². The van der Waals surface area contributed by atoms with Crippen molar-refractivity contribution in [2.75, 3.05) is 0 Å². The summed E-state index contributed by atoms with van der Waals surface area (Å²) in [7, 11) is 0. The molecular weight excluding hydrogens is 408 g/mol. The van der Waals surface area contributed by atoms with Gasteiger partial charge in [-0.2, -0.15) is 0 Å². The maximum Gasteiger partial charge on any atom is 0.352 e. The van der Waals surface area contributed by atoms with Crippen LogP contribution in [0.4, 0.5) is 0 Å². The van der Waals surface area contributed by atoms with Crippen LogP contribution in [0, 0.1) is 6.92 Å². The first kappa shape index (κ1) is 19.5. The van der Waals surface area contributed by atoms with Gasteiger partial charge in [0, 0.05) is 0 Å². The number of rotatable bonds is 5. The van der Waals surface area contributed by atoms with Crippen LogP contribution in [-0.4, -0.2) is 18.7 Å². The molecule has 3 aromatic heterocycles. The van der Waals surface area contributed by atoms with Crippen molar-refractivity contribution in [3.05, 3.63) is 103 Å². The van der Waals surface area contributed by atoms with Crippen molar-refractivity contribution in [3.63, 3.8) is 0 Å². The number of thiophene rings is 1. The number of nitrogens with zero attached hydrogens (tertiary/aromatic N) is 4. The number of hydrogen-bond acceptors (Lipinski definition) is 4. The van der Waals surface area contributed by atoms with Crippen LogP contribution in [0.1, 0.15) is 29.2 Å². The highest BCUT2D eigenvalue weighted by molar-refractivity contribution is 7.17. The second-order valence-electron chi connectivity index (χ2n) is 7.76. The first-order valence-electron chi connectivity index (χ1n) is 10.3. The zero-order chi connectivity index (χ0) is 21.5. The van der Waals surface area contributed by atoms with Gasteiger partial charge in [0.1, 0.15) is 4.70 Å². The first-order chi connectivity index (χ1) is 15.0. The van der Waals surface area contributed by atoms with Gasteiger partial charge < -0.3 is 0 Å². The topological polar surface area (TPSA) is 61.3 Å². The first-order valence-corrected chi connectivity index (χ1v) is 11.2. The predicted molar refractivity (Wildman–Crippen MR) is 124 cm³/mol. The summed E-state index contributed by atoms with van der Waals surface area (Å²) >= 11 is 1.35. The highest BCUT2D eigenvalue weighted by Gasteiger charge is 2.18. The molecule has 0 fully saturated rings. The third-order valence-corrected chi connectivity index (χ3v) is 6.50. The normalized spacial score (nSPS) is 11.5. The molecule has 0 aliphatic heterocycles. The number of hydrogen-bond donors (Lipinski definition) is 0. The molecule has 0 bridgehead atoms. The van der Waals surface area contributed by atoms with Gasteiger partial charge in [0.15, 0.2) is 0 Å². The Balaban J connectivity index is 1.68. The van der Waals surface area contributed by atoms with Crippen LogP contribution in [0.25, 0.3) is 16.0 Å². The Kier molecular flexibility index (Phi) is 4.82. The fraction of sp³-hybridized carbons (Fsp3) is 0.208. The zero-order valence-electron chi connectivity index (χ0n) is 17.4. The SMILES string of the molecule is CCc1ccc(Cn2c(=O)c3sccc3n3c(=O)n(Cc4ccc(C)cc4)nc23)cc1. The van der Waals surface area contributed by atoms with E-state index in [1.165, 1.54) is 21.6 Å². The lowest BCUT2D eigenvalue weighted by Gasteiger charge is -2.08. The molecule has 0 atom stereocenters. The van der Waals surface area contributed by atoms with Crippen molar-refractivity contribution < 1.29 is 0 Å². The quantitative estimate of drug-likeness (QED) is 0.426. The van der Waals surface area contributed by atoms with Crippen molar-refractivity contribution in [2.45, 2.75) is 33.4 Å². The predicted octanol–water partition coefficient (Wildman–Crippen LogP) is 3.84. The van der Waals surface area contributed by atoms with Gasteiger partial charge in [-0.05, 0) is 41.5 Å². The number of aryl methyl sites for hydroxylation is 2. The molecule has 0 aliphatic rings. The molecule has 0 saturated carbocycles. The fourth-order valence-corrected chi connectivity index (χ4v) is 4.63. The van der Waals surface area contributed by atoms with Crippen LogP contribution >= 0.6 is 11.3 Å². The van der Waals surface area contributed by atoms with Gasteiger partial charge in [-0.25, -0.2) is 13.9 Å². The van der Waals surface area contributed by atoms with Crippen LogP contribution in [-0.2, 0) is 19.5 Å². The van der Waals surface area contributed by atoms with E-state index < -0.39 is 0 Å². The molecule has 5 aromatic rings. The smallest absolute Gasteiger partial charge is 0.271 e. The summed E-state index contributed by atoms with van der Waals surface area (Å²) in [6, 6.07) is 18.0. The van der Waals surface area contributed by atoms with Gasteiger partial charge in [0.2, 0.25) is 5.78 Å². The Morgan fingerprint density at radius 2 is 1.52 bits per heavy atom. The van der Waals surface area contributed by atoms with Gasteiger partial charge >= 0.3 is 5.69 Å². The third kappa shape index (κ3) is 3.41. The van der Waals surface area contributed by atoms with Crippen molar-refractivity contribution in [3.8, 4) is 0 Å². The number of aromatic nitrogens is 4. The lowest BCUT2D eigenvalue weighted by atomic mass is 10.1. The minimum atomic E-state index is -0.242. The van der Waals surface area contributed by atoms with Crippen molar-refractivity contribution in [2.24, 2.45) is 0 Å². The summed E-state index contributed by atoms with van der Waals surface area (Å²) in [4.78, 5) is 26.5. The Morgan fingerprint density at radius 3 is 2.23 bits per heavy atom. The molecule has 0 aliphatic carbocycles. The summed E-state index contributed by atoms with van der Waals surface area (Å²) in [5.74, 6) is 0.368. The second-order valence-corrected chi connectivity index (χ2v) is 8.67. The Labute approximate surface area is 182 Å². The van der Waals surface area contributed by atoms with E-state index >= 15 is 0 Å². The van der Waals surface area contributed by atoms with Gasteiger partial charge in [-0.1, -0.05) is 61.0 Å². The molecule has 2 aromatic carbocycles. The molecule has 0 unspecified atom stereocenters. The van der Waals surface area contributed by atoms with E-state index in [9.17, 15) is 9.59 Å². The third-order valence-electron chi connectivity index (χ3n) is 5.61. The minimum absolute atomic E-state index is 0.121. The highest BCUT2D eigenvalue weighted by Crippen LogP contribution is 2.18. The summed E-state index contributed by atoms with van der Waals surface area (Å²) in [5.41, 5.74) is 4.64. The lowest BCUT2D eigenvalue weighted by molar-refractivity contribution is 0.654. The van der Waals surface area contributed by atoms with Crippen LogP contribution < -0.4 is 11.2 Å². The van der Waals surface area contributed by atoms with E-state index in [0.717, 1.165) is 23.1 Å². The Bertz CT molecular complexity index is 1500. The molecule has 6 nitrogen and oxygen atoms in total. The summed E-state index contributed by atoms with van der Waals surface area (Å²) in [6.45, 7) is 4.85. The number of benzene rings is 2. The largest absolute Gasteiger partial charge is 0.352 e. The summed E-state index contributed by atoms with van der Waals surface area (Å²) in [5, 5.41) is 6.43. The number of fused-ring (bicyclic) bond motifs is 3. The standard InChI is InChI=1S/C24H22N4O2S/c1-3-17-8-10-18(11-9-17)14-26-22(29)21-20(12-13-31-21)28-23(26)25-27(24(28)30)15-19-6-4-16(2)5-7-19/h4-13H,3,14-15H2,1-2H3. The monoisotopic (exact) mass is 430 g/mol. The molecule has 5 rings (SSSR count). The molecule has 3 heterocycles. The van der Waals surface area contributed by atoms with E-state index in [2.05, 4.69) is 24.2 Å². The van der Waals surface area contributed by atoms with Gasteiger partial charge in [-0.3, -0.25) is 9.36 Å². The van der Waals surface area contributed by atoms with E-state index in [4.69, 9.17) is 0 Å². The highest BCUT2D eigenvalue weighted by atomic mass is 32.1. The minimum Gasteiger partial charge on any atom is -0.271 e. The summed E-state index contributed by atoms with van der Waals surface area (Å²) in [6.07, 6.45) is 0.963.